The number of alkyl halides is 2. The average molecular weight is 259 g/mol. The maximum Gasteiger partial charge on any atom is 0.142 e. The first-order valence-electron chi connectivity index (χ1n) is 4.82. The molecule has 2 heteroatoms. The van der Waals surface area contributed by atoms with Crippen LogP contribution in [0.15, 0.2) is 24.3 Å². The molecule has 0 unspecified atom stereocenters. The Morgan fingerprint density at radius 2 is 1.79 bits per heavy atom. The molecule has 0 saturated heterocycles. The van der Waals surface area contributed by atoms with Crippen LogP contribution in [0.1, 0.15) is 37.8 Å². The monoisotopic (exact) mass is 258 g/mol. The Morgan fingerprint density at radius 3 is 2.14 bits per heavy atom. The van der Waals surface area contributed by atoms with Gasteiger partial charge in [-0.2, -0.15) is 0 Å². The van der Waals surface area contributed by atoms with E-state index < -0.39 is 5.67 Å². The summed E-state index contributed by atoms with van der Waals surface area (Å²) in [4.78, 5) is 0. The SMILES string of the molecule is CC(C)c1ccc([C@](C)(F)CBr)cc1. The first-order chi connectivity index (χ1) is 6.47. The van der Waals surface area contributed by atoms with Crippen molar-refractivity contribution in [1.29, 1.82) is 0 Å². The van der Waals surface area contributed by atoms with Crippen molar-refractivity contribution in [2.45, 2.75) is 32.4 Å². The van der Waals surface area contributed by atoms with Crippen LogP contribution in [0, 0.1) is 0 Å². The second kappa shape index (κ2) is 4.43. The van der Waals surface area contributed by atoms with Crippen molar-refractivity contribution in [3.63, 3.8) is 0 Å². The van der Waals surface area contributed by atoms with Crippen molar-refractivity contribution in [2.75, 3.05) is 5.33 Å². The zero-order chi connectivity index (χ0) is 10.8. The molecule has 0 heterocycles. The second-order valence-corrected chi connectivity index (χ2v) is 4.67. The fraction of sp³-hybridized carbons (Fsp3) is 0.500. The van der Waals surface area contributed by atoms with E-state index in [0.717, 1.165) is 5.56 Å². The normalized spacial score (nSPS) is 15.6. The predicted octanol–water partition coefficient (Wildman–Crippen LogP) is 4.39. The second-order valence-electron chi connectivity index (χ2n) is 4.11. The van der Waals surface area contributed by atoms with Crippen molar-refractivity contribution < 1.29 is 4.39 Å². The van der Waals surface area contributed by atoms with Gasteiger partial charge in [0, 0.05) is 5.33 Å². The minimum Gasteiger partial charge on any atom is -0.238 e. The molecule has 0 aliphatic rings. The molecule has 0 radical (unpaired) electrons. The summed E-state index contributed by atoms with van der Waals surface area (Å²) in [5.41, 5.74) is 0.716. The summed E-state index contributed by atoms with van der Waals surface area (Å²) in [6.45, 7) is 5.86. The van der Waals surface area contributed by atoms with E-state index in [1.807, 2.05) is 24.3 Å². The topological polar surface area (TPSA) is 0 Å². The minimum absolute atomic E-state index is 0.334. The lowest BCUT2D eigenvalue weighted by Crippen LogP contribution is -2.16. The Morgan fingerprint density at radius 1 is 1.29 bits per heavy atom. The van der Waals surface area contributed by atoms with Crippen LogP contribution < -0.4 is 0 Å². The molecule has 0 saturated carbocycles. The molecule has 0 amide bonds. The van der Waals surface area contributed by atoms with Crippen LogP contribution in [-0.2, 0) is 5.67 Å². The Labute approximate surface area is 93.7 Å². The number of hydrogen-bond acceptors (Lipinski definition) is 0. The fourth-order valence-corrected chi connectivity index (χ4v) is 1.62. The summed E-state index contributed by atoms with van der Waals surface area (Å²) in [5, 5.41) is 0.334. The van der Waals surface area contributed by atoms with E-state index in [1.54, 1.807) is 6.92 Å². The Hall–Kier alpha value is -0.370. The van der Waals surface area contributed by atoms with Crippen molar-refractivity contribution in [3.05, 3.63) is 35.4 Å². The van der Waals surface area contributed by atoms with E-state index in [4.69, 9.17) is 0 Å². The molecular formula is C12H16BrF. The van der Waals surface area contributed by atoms with Gasteiger partial charge in [0.15, 0.2) is 0 Å². The van der Waals surface area contributed by atoms with Crippen LogP contribution in [-0.4, -0.2) is 5.33 Å². The Kier molecular flexibility index (Phi) is 3.71. The summed E-state index contributed by atoms with van der Waals surface area (Å²) in [6.07, 6.45) is 0. The van der Waals surface area contributed by atoms with E-state index in [0.29, 0.717) is 11.2 Å². The molecule has 1 rings (SSSR count). The van der Waals surface area contributed by atoms with Gasteiger partial charge in [-0.05, 0) is 24.0 Å². The smallest absolute Gasteiger partial charge is 0.142 e. The van der Waals surface area contributed by atoms with E-state index in [-0.39, 0.29) is 0 Å². The molecule has 1 atom stereocenters. The van der Waals surface area contributed by atoms with Crippen LogP contribution in [0.4, 0.5) is 4.39 Å². The van der Waals surface area contributed by atoms with Crippen molar-refractivity contribution in [3.8, 4) is 0 Å². The van der Waals surface area contributed by atoms with Gasteiger partial charge in [0.05, 0.1) is 0 Å². The van der Waals surface area contributed by atoms with Gasteiger partial charge in [0.1, 0.15) is 5.67 Å². The highest BCUT2D eigenvalue weighted by Crippen LogP contribution is 2.28. The summed E-state index contributed by atoms with van der Waals surface area (Å²) in [6, 6.07) is 7.74. The molecule has 0 aliphatic carbocycles. The fourth-order valence-electron chi connectivity index (χ4n) is 1.29. The highest BCUT2D eigenvalue weighted by molar-refractivity contribution is 9.09. The first kappa shape index (κ1) is 11.7. The van der Waals surface area contributed by atoms with Crippen molar-refractivity contribution in [2.24, 2.45) is 0 Å². The molecule has 1 aromatic rings. The number of benzene rings is 1. The van der Waals surface area contributed by atoms with Crippen LogP contribution in [0.25, 0.3) is 0 Å². The molecule has 78 valence electrons. The molecule has 0 aliphatic heterocycles. The lowest BCUT2D eigenvalue weighted by Gasteiger charge is -2.18. The van der Waals surface area contributed by atoms with Gasteiger partial charge in [0.25, 0.3) is 0 Å². The summed E-state index contributed by atoms with van der Waals surface area (Å²) in [5.74, 6) is 0.499. The average Bonchev–Trinajstić information content (AvgIpc) is 2.18. The minimum atomic E-state index is -1.27. The predicted molar refractivity (Wildman–Crippen MR) is 62.8 cm³/mol. The summed E-state index contributed by atoms with van der Waals surface area (Å²) < 4.78 is 13.8. The highest BCUT2D eigenvalue weighted by atomic mass is 79.9. The van der Waals surface area contributed by atoms with E-state index >= 15 is 0 Å². The molecule has 0 bridgehead atoms. The molecule has 14 heavy (non-hydrogen) atoms. The molecule has 1 aromatic carbocycles. The third-order valence-electron chi connectivity index (χ3n) is 2.43. The van der Waals surface area contributed by atoms with Gasteiger partial charge in [-0.25, -0.2) is 4.39 Å². The molecular weight excluding hydrogens is 243 g/mol. The molecule has 0 nitrogen and oxygen atoms in total. The van der Waals surface area contributed by atoms with Gasteiger partial charge < -0.3 is 0 Å². The molecule has 0 spiro atoms. The van der Waals surface area contributed by atoms with Crippen molar-refractivity contribution >= 4 is 15.9 Å². The van der Waals surface area contributed by atoms with Gasteiger partial charge in [-0.3, -0.25) is 0 Å². The number of hydrogen-bond donors (Lipinski definition) is 0. The third kappa shape index (κ3) is 2.57. The Balaban J connectivity index is 2.94. The number of rotatable bonds is 3. The maximum absolute atomic E-state index is 13.8. The zero-order valence-corrected chi connectivity index (χ0v) is 10.4. The highest BCUT2D eigenvalue weighted by Gasteiger charge is 2.23. The molecule has 0 aromatic heterocycles. The third-order valence-corrected chi connectivity index (χ3v) is 3.48. The molecule has 0 fully saturated rings. The summed E-state index contributed by atoms with van der Waals surface area (Å²) >= 11 is 3.18. The zero-order valence-electron chi connectivity index (χ0n) is 8.85. The molecule has 0 N–H and O–H groups in total. The maximum atomic E-state index is 13.8. The van der Waals surface area contributed by atoms with Crippen LogP contribution in [0.3, 0.4) is 0 Å². The largest absolute Gasteiger partial charge is 0.238 e. The van der Waals surface area contributed by atoms with E-state index in [1.165, 1.54) is 5.56 Å². The van der Waals surface area contributed by atoms with Gasteiger partial charge in [-0.1, -0.05) is 54.0 Å². The lowest BCUT2D eigenvalue weighted by molar-refractivity contribution is 0.230. The standard InChI is InChI=1S/C12H16BrF/c1-9(2)10-4-6-11(7-5-10)12(3,14)8-13/h4-7,9H,8H2,1-3H3/t12-/m1/s1. The van der Waals surface area contributed by atoms with E-state index in [2.05, 4.69) is 29.8 Å². The van der Waals surface area contributed by atoms with Gasteiger partial charge >= 0.3 is 0 Å². The number of halogens is 2. The summed E-state index contributed by atoms with van der Waals surface area (Å²) in [7, 11) is 0. The van der Waals surface area contributed by atoms with E-state index in [9.17, 15) is 4.39 Å². The lowest BCUT2D eigenvalue weighted by atomic mass is 9.96. The van der Waals surface area contributed by atoms with Crippen LogP contribution in [0.2, 0.25) is 0 Å². The Bertz CT molecular complexity index is 288. The first-order valence-corrected chi connectivity index (χ1v) is 5.95. The van der Waals surface area contributed by atoms with Gasteiger partial charge in [-0.15, -0.1) is 0 Å². The van der Waals surface area contributed by atoms with Crippen molar-refractivity contribution in [1.82, 2.24) is 0 Å². The quantitative estimate of drug-likeness (QED) is 0.706. The van der Waals surface area contributed by atoms with Gasteiger partial charge in [0.2, 0.25) is 0 Å². The van der Waals surface area contributed by atoms with Crippen LogP contribution in [0.5, 0.6) is 0 Å². The van der Waals surface area contributed by atoms with Crippen LogP contribution >= 0.6 is 15.9 Å².